The molecule has 0 amide bonds. The molecular formula is C17H24O4. The van der Waals surface area contributed by atoms with Gasteiger partial charge in [-0.25, -0.2) is 4.79 Å². The molecule has 0 atom stereocenters. The van der Waals surface area contributed by atoms with E-state index < -0.39 is 5.97 Å². The van der Waals surface area contributed by atoms with Gasteiger partial charge in [0.15, 0.2) is 0 Å². The smallest absolute Gasteiger partial charge is 0.328 e. The van der Waals surface area contributed by atoms with Gasteiger partial charge in [0.2, 0.25) is 0 Å². The number of benzene rings is 1. The summed E-state index contributed by atoms with van der Waals surface area (Å²) in [7, 11) is 0. The summed E-state index contributed by atoms with van der Waals surface area (Å²) in [5.41, 5.74) is 0.744. The van der Waals surface area contributed by atoms with Gasteiger partial charge >= 0.3 is 5.97 Å². The van der Waals surface area contributed by atoms with Gasteiger partial charge in [0, 0.05) is 17.7 Å². The van der Waals surface area contributed by atoms with Crippen molar-refractivity contribution in [3.63, 3.8) is 0 Å². The number of rotatable bonds is 9. The van der Waals surface area contributed by atoms with Crippen LogP contribution < -0.4 is 9.47 Å². The first-order valence-corrected chi connectivity index (χ1v) is 7.45. The molecule has 0 aliphatic carbocycles. The third-order valence-electron chi connectivity index (χ3n) is 3.07. The predicted octanol–water partition coefficient (Wildman–Crippen LogP) is 4.14. The number of carboxylic acids is 1. The lowest BCUT2D eigenvalue weighted by molar-refractivity contribution is -0.131. The Labute approximate surface area is 126 Å². The van der Waals surface area contributed by atoms with E-state index in [-0.39, 0.29) is 6.10 Å². The predicted molar refractivity (Wildman–Crippen MR) is 83.9 cm³/mol. The normalized spacial score (nSPS) is 11.0. The summed E-state index contributed by atoms with van der Waals surface area (Å²) >= 11 is 0. The molecule has 0 bridgehead atoms. The maximum atomic E-state index is 10.7. The average Bonchev–Trinajstić information content (AvgIpc) is 2.49. The molecule has 0 heterocycles. The average molecular weight is 292 g/mol. The summed E-state index contributed by atoms with van der Waals surface area (Å²) in [5, 5.41) is 8.76. The minimum atomic E-state index is -0.977. The first-order chi connectivity index (χ1) is 10.1. The van der Waals surface area contributed by atoms with Gasteiger partial charge in [0.25, 0.3) is 0 Å². The lowest BCUT2D eigenvalue weighted by Crippen LogP contribution is -2.14. The van der Waals surface area contributed by atoms with Gasteiger partial charge in [-0.1, -0.05) is 20.8 Å². The van der Waals surface area contributed by atoms with Crippen LogP contribution in [-0.4, -0.2) is 23.8 Å². The van der Waals surface area contributed by atoms with Crippen molar-refractivity contribution in [2.45, 2.75) is 46.1 Å². The van der Waals surface area contributed by atoms with E-state index in [1.807, 2.05) is 25.1 Å². The van der Waals surface area contributed by atoms with E-state index in [9.17, 15) is 4.79 Å². The molecule has 116 valence electrons. The van der Waals surface area contributed by atoms with Crippen LogP contribution in [0.3, 0.4) is 0 Å². The van der Waals surface area contributed by atoms with E-state index in [2.05, 4.69) is 13.8 Å². The molecule has 0 fully saturated rings. The number of hydrogen-bond donors (Lipinski definition) is 1. The largest absolute Gasteiger partial charge is 0.493 e. The Bertz CT molecular complexity index is 476. The number of ether oxygens (including phenoxy) is 2. The highest BCUT2D eigenvalue weighted by Gasteiger charge is 2.10. The molecule has 0 aliphatic rings. The van der Waals surface area contributed by atoms with Gasteiger partial charge < -0.3 is 14.6 Å². The van der Waals surface area contributed by atoms with Crippen LogP contribution in [0.15, 0.2) is 24.3 Å². The van der Waals surface area contributed by atoms with Crippen molar-refractivity contribution in [1.29, 1.82) is 0 Å². The van der Waals surface area contributed by atoms with Gasteiger partial charge in [0.1, 0.15) is 11.5 Å². The molecule has 0 aliphatic heterocycles. The molecule has 0 saturated carbocycles. The fourth-order valence-electron chi connectivity index (χ4n) is 1.86. The second kappa shape index (κ2) is 9.06. The van der Waals surface area contributed by atoms with E-state index in [1.165, 1.54) is 0 Å². The summed E-state index contributed by atoms with van der Waals surface area (Å²) in [5.74, 6) is 0.426. The molecule has 4 nitrogen and oxygen atoms in total. The zero-order chi connectivity index (χ0) is 15.7. The third-order valence-corrected chi connectivity index (χ3v) is 3.07. The first-order valence-electron chi connectivity index (χ1n) is 7.45. The van der Waals surface area contributed by atoms with E-state index in [0.29, 0.717) is 12.4 Å². The van der Waals surface area contributed by atoms with Gasteiger partial charge in [-0.05, 0) is 37.5 Å². The Balaban J connectivity index is 3.02. The van der Waals surface area contributed by atoms with Crippen LogP contribution in [0, 0.1) is 0 Å². The molecular weight excluding hydrogens is 268 g/mol. The van der Waals surface area contributed by atoms with Crippen molar-refractivity contribution in [2.24, 2.45) is 0 Å². The summed E-state index contributed by atoms with van der Waals surface area (Å²) in [6.07, 6.45) is 5.51. The molecule has 21 heavy (non-hydrogen) atoms. The number of hydrogen-bond acceptors (Lipinski definition) is 3. The Morgan fingerprint density at radius 3 is 2.57 bits per heavy atom. The molecule has 1 N–H and O–H groups in total. The van der Waals surface area contributed by atoms with Crippen molar-refractivity contribution in [3.05, 3.63) is 29.8 Å². The second-order valence-corrected chi connectivity index (χ2v) is 4.78. The van der Waals surface area contributed by atoms with E-state index in [1.54, 1.807) is 6.08 Å². The molecule has 0 saturated heterocycles. The maximum absolute atomic E-state index is 10.7. The van der Waals surface area contributed by atoms with Gasteiger partial charge in [-0.2, -0.15) is 0 Å². The van der Waals surface area contributed by atoms with Crippen LogP contribution >= 0.6 is 0 Å². The van der Waals surface area contributed by atoms with Crippen molar-refractivity contribution >= 4 is 12.0 Å². The lowest BCUT2D eigenvalue weighted by Gasteiger charge is -2.18. The van der Waals surface area contributed by atoms with Crippen molar-refractivity contribution in [3.8, 4) is 11.5 Å². The summed E-state index contributed by atoms with van der Waals surface area (Å²) in [4.78, 5) is 10.7. The van der Waals surface area contributed by atoms with Gasteiger partial charge in [0.05, 0.1) is 12.7 Å². The maximum Gasteiger partial charge on any atom is 0.328 e. The zero-order valence-corrected chi connectivity index (χ0v) is 13.0. The Morgan fingerprint density at radius 2 is 2.00 bits per heavy atom. The minimum absolute atomic E-state index is 0.114. The molecule has 0 unspecified atom stereocenters. The highest BCUT2D eigenvalue weighted by molar-refractivity contribution is 5.86. The summed E-state index contributed by atoms with van der Waals surface area (Å²) in [6, 6.07) is 5.48. The molecule has 0 radical (unpaired) electrons. The number of carboxylic acid groups (broad SMARTS) is 1. The Kier molecular flexibility index (Phi) is 7.37. The highest BCUT2D eigenvalue weighted by atomic mass is 16.5. The fourth-order valence-corrected chi connectivity index (χ4v) is 1.86. The zero-order valence-electron chi connectivity index (χ0n) is 13.0. The van der Waals surface area contributed by atoms with Crippen molar-refractivity contribution in [2.75, 3.05) is 6.61 Å². The van der Waals surface area contributed by atoms with Crippen LogP contribution in [0.4, 0.5) is 0 Å². The van der Waals surface area contributed by atoms with E-state index in [4.69, 9.17) is 14.6 Å². The Morgan fingerprint density at radius 1 is 1.29 bits per heavy atom. The molecule has 0 spiro atoms. The number of carbonyl (C=O) groups is 1. The monoisotopic (exact) mass is 292 g/mol. The highest BCUT2D eigenvalue weighted by Crippen LogP contribution is 2.28. The second-order valence-electron chi connectivity index (χ2n) is 4.78. The van der Waals surface area contributed by atoms with Crippen LogP contribution in [0.1, 0.15) is 45.6 Å². The van der Waals surface area contributed by atoms with Crippen LogP contribution in [0.5, 0.6) is 11.5 Å². The standard InChI is InChI=1S/C17H24O4/c1-4-11-20-15-9-7-13(8-10-17(18)19)16(12-15)21-14(5-2)6-3/h7-10,12,14H,4-6,11H2,1-3H3,(H,18,19)/b10-8+. The quantitative estimate of drug-likeness (QED) is 0.695. The summed E-state index contributed by atoms with van der Waals surface area (Å²) in [6.45, 7) is 6.83. The molecule has 1 aromatic carbocycles. The lowest BCUT2D eigenvalue weighted by atomic mass is 10.1. The molecule has 1 aromatic rings. The van der Waals surface area contributed by atoms with E-state index >= 15 is 0 Å². The molecule has 0 aromatic heterocycles. The minimum Gasteiger partial charge on any atom is -0.493 e. The third kappa shape index (κ3) is 5.90. The summed E-state index contributed by atoms with van der Waals surface area (Å²) < 4.78 is 11.6. The first kappa shape index (κ1) is 17.1. The fraction of sp³-hybridized carbons (Fsp3) is 0.471. The van der Waals surface area contributed by atoms with Crippen molar-refractivity contribution in [1.82, 2.24) is 0 Å². The SMILES string of the molecule is CCCOc1ccc(/C=C/C(=O)O)c(OC(CC)CC)c1. The van der Waals surface area contributed by atoms with Crippen LogP contribution in [0.2, 0.25) is 0 Å². The van der Waals surface area contributed by atoms with Crippen LogP contribution in [0.25, 0.3) is 6.08 Å². The Hall–Kier alpha value is -1.97. The molecule has 4 heteroatoms. The molecule has 1 rings (SSSR count). The topological polar surface area (TPSA) is 55.8 Å². The van der Waals surface area contributed by atoms with Crippen LogP contribution in [-0.2, 0) is 4.79 Å². The van der Waals surface area contributed by atoms with Gasteiger partial charge in [-0.3, -0.25) is 0 Å². The van der Waals surface area contributed by atoms with E-state index in [0.717, 1.165) is 36.7 Å². The van der Waals surface area contributed by atoms with Gasteiger partial charge in [-0.15, -0.1) is 0 Å². The number of aliphatic carboxylic acids is 1. The van der Waals surface area contributed by atoms with Crippen molar-refractivity contribution < 1.29 is 19.4 Å².